The molecule has 3 atom stereocenters. The molecule has 2 aromatic rings. The van der Waals surface area contributed by atoms with Gasteiger partial charge < -0.3 is 20.4 Å². The molecule has 2 fully saturated rings. The third kappa shape index (κ3) is 3.76. The van der Waals surface area contributed by atoms with Gasteiger partial charge >= 0.3 is 6.09 Å². The molecule has 2 aliphatic rings. The van der Waals surface area contributed by atoms with Crippen LogP contribution in [0.15, 0.2) is 12.1 Å². The maximum absolute atomic E-state index is 12.2. The summed E-state index contributed by atoms with van der Waals surface area (Å²) in [6.45, 7) is 8.10. The van der Waals surface area contributed by atoms with Crippen molar-refractivity contribution in [2.75, 3.05) is 17.3 Å². The van der Waals surface area contributed by atoms with Crippen LogP contribution < -0.4 is 10.2 Å². The number of aromatic amines is 1. The first-order valence-corrected chi connectivity index (χ1v) is 11.1. The SMILES string of the molecule is Cc1cc(Nc2cc(CO)nc(N(C)[C@H]3C[C@@H]4CC[C@](C(C)(C)C)(C3)N4C(=O)O)n2)n[nH]1. The Bertz CT molecular complexity index is 1000. The second kappa shape index (κ2) is 7.91. The quantitative estimate of drug-likeness (QED) is 0.554. The lowest BCUT2D eigenvalue weighted by Crippen LogP contribution is -2.64. The molecule has 0 aromatic carbocycles. The number of hydrogen-bond acceptors (Lipinski definition) is 7. The number of anilines is 3. The van der Waals surface area contributed by atoms with Gasteiger partial charge in [0.25, 0.3) is 0 Å². The Kier molecular flexibility index (Phi) is 5.52. The number of aryl methyl sites for hydroxylation is 1. The van der Waals surface area contributed by atoms with Crippen molar-refractivity contribution in [1.82, 2.24) is 25.1 Å². The van der Waals surface area contributed by atoms with Crippen LogP contribution in [0.5, 0.6) is 0 Å². The molecule has 2 saturated heterocycles. The third-order valence-electron chi connectivity index (χ3n) is 7.19. The Morgan fingerprint density at radius 3 is 2.69 bits per heavy atom. The third-order valence-corrected chi connectivity index (χ3v) is 7.19. The van der Waals surface area contributed by atoms with Gasteiger partial charge in [0.1, 0.15) is 5.82 Å². The van der Waals surface area contributed by atoms with E-state index in [-0.39, 0.29) is 24.1 Å². The Labute approximate surface area is 188 Å². The molecule has 4 N–H and O–H groups in total. The van der Waals surface area contributed by atoms with Crippen molar-refractivity contribution in [2.45, 2.75) is 77.6 Å². The molecule has 0 saturated carbocycles. The number of aromatic nitrogens is 4. The zero-order valence-electron chi connectivity index (χ0n) is 19.4. The van der Waals surface area contributed by atoms with E-state index in [1.165, 1.54) is 0 Å². The van der Waals surface area contributed by atoms with Crippen LogP contribution in [0.3, 0.4) is 0 Å². The fourth-order valence-electron chi connectivity index (χ4n) is 5.46. The average molecular weight is 444 g/mol. The minimum atomic E-state index is -0.831. The van der Waals surface area contributed by atoms with Crippen LogP contribution in [0.4, 0.5) is 22.4 Å². The van der Waals surface area contributed by atoms with Crippen molar-refractivity contribution in [2.24, 2.45) is 5.41 Å². The number of piperidine rings is 1. The van der Waals surface area contributed by atoms with Gasteiger partial charge in [-0.05, 0) is 38.0 Å². The molecule has 4 heterocycles. The summed E-state index contributed by atoms with van der Waals surface area (Å²) < 4.78 is 0. The Morgan fingerprint density at radius 1 is 1.34 bits per heavy atom. The van der Waals surface area contributed by atoms with Gasteiger partial charge in [0.05, 0.1) is 17.8 Å². The predicted molar refractivity (Wildman–Crippen MR) is 121 cm³/mol. The van der Waals surface area contributed by atoms with Gasteiger partial charge in [-0.25, -0.2) is 9.78 Å². The molecule has 0 radical (unpaired) electrons. The highest BCUT2D eigenvalue weighted by Gasteiger charge is 2.59. The van der Waals surface area contributed by atoms with E-state index in [1.54, 1.807) is 11.0 Å². The number of hydrogen-bond donors (Lipinski definition) is 4. The molecular weight excluding hydrogens is 410 g/mol. The second-order valence-corrected chi connectivity index (χ2v) is 10.1. The van der Waals surface area contributed by atoms with Crippen molar-refractivity contribution in [3.05, 3.63) is 23.5 Å². The number of aliphatic hydroxyl groups is 1. The van der Waals surface area contributed by atoms with E-state index in [4.69, 9.17) is 0 Å². The molecule has 4 rings (SSSR count). The van der Waals surface area contributed by atoms with Gasteiger partial charge in [-0.1, -0.05) is 20.8 Å². The van der Waals surface area contributed by atoms with E-state index in [0.717, 1.165) is 25.0 Å². The van der Waals surface area contributed by atoms with Crippen LogP contribution in [0.2, 0.25) is 0 Å². The van der Waals surface area contributed by atoms with Gasteiger partial charge in [-0.2, -0.15) is 10.1 Å². The zero-order chi connectivity index (χ0) is 23.3. The average Bonchev–Trinajstić information content (AvgIpc) is 3.24. The number of fused-ring (bicyclic) bond motifs is 2. The van der Waals surface area contributed by atoms with Crippen molar-refractivity contribution in [1.29, 1.82) is 0 Å². The first-order valence-electron chi connectivity index (χ1n) is 11.1. The molecule has 0 spiro atoms. The zero-order valence-corrected chi connectivity index (χ0v) is 19.4. The van der Waals surface area contributed by atoms with Crippen LogP contribution in [-0.4, -0.2) is 66.0 Å². The number of nitrogens with zero attached hydrogens (tertiary/aromatic N) is 5. The van der Waals surface area contributed by atoms with Crippen LogP contribution in [0, 0.1) is 12.3 Å². The fourth-order valence-corrected chi connectivity index (χ4v) is 5.46. The first-order chi connectivity index (χ1) is 15.0. The Hall–Kier alpha value is -2.88. The van der Waals surface area contributed by atoms with Crippen LogP contribution in [0.25, 0.3) is 0 Å². The largest absolute Gasteiger partial charge is 0.465 e. The summed E-state index contributed by atoms with van der Waals surface area (Å²) in [5, 5.41) is 30.0. The van der Waals surface area contributed by atoms with Gasteiger partial charge in [0.2, 0.25) is 5.95 Å². The maximum atomic E-state index is 12.2. The molecule has 1 amide bonds. The van der Waals surface area contributed by atoms with E-state index in [0.29, 0.717) is 29.7 Å². The van der Waals surface area contributed by atoms with E-state index in [2.05, 4.69) is 46.3 Å². The lowest BCUT2D eigenvalue weighted by atomic mass is 9.67. The monoisotopic (exact) mass is 443 g/mol. The highest BCUT2D eigenvalue weighted by Crippen LogP contribution is 2.54. The Balaban J connectivity index is 1.63. The highest BCUT2D eigenvalue weighted by molar-refractivity contribution is 5.68. The molecule has 2 aromatic heterocycles. The van der Waals surface area contributed by atoms with Crippen molar-refractivity contribution in [3.8, 4) is 0 Å². The van der Waals surface area contributed by atoms with Gasteiger partial charge in [-0.3, -0.25) is 10.00 Å². The number of aliphatic hydroxyl groups excluding tert-OH is 1. The molecule has 0 aliphatic carbocycles. The minimum absolute atomic E-state index is 0.0152. The molecule has 10 nitrogen and oxygen atoms in total. The van der Waals surface area contributed by atoms with Gasteiger partial charge in [0.15, 0.2) is 5.82 Å². The fraction of sp³-hybridized carbons (Fsp3) is 0.636. The number of carbonyl (C=O) groups is 1. The van der Waals surface area contributed by atoms with Crippen molar-refractivity contribution < 1.29 is 15.0 Å². The van der Waals surface area contributed by atoms with E-state index in [1.807, 2.05) is 24.9 Å². The topological polar surface area (TPSA) is 130 Å². The summed E-state index contributed by atoms with van der Waals surface area (Å²) in [7, 11) is 1.95. The number of amides is 1. The summed E-state index contributed by atoms with van der Waals surface area (Å²) in [4.78, 5) is 25.1. The summed E-state index contributed by atoms with van der Waals surface area (Å²) in [5.41, 5.74) is 0.809. The standard InChI is InChI=1S/C22H33N7O3/c1-13-8-18(27-26-13)24-17-9-14(12-30)23-19(25-17)28(5)16-10-15-6-7-22(11-16,21(2,3)4)29(15)20(31)32/h8-9,15-16,30H,6-7,10-12H2,1-5H3,(H,31,32)(H2,23,24,25,26,27)/t15-,16-,22+/m0/s1. The smallest absolute Gasteiger partial charge is 0.408 e. The number of nitrogens with one attached hydrogen (secondary N) is 2. The normalized spacial score (nSPS) is 25.1. The lowest BCUT2D eigenvalue weighted by molar-refractivity contribution is -0.0204. The minimum Gasteiger partial charge on any atom is -0.465 e. The molecule has 10 heteroatoms. The summed E-state index contributed by atoms with van der Waals surface area (Å²) in [6.07, 6.45) is 2.35. The predicted octanol–water partition coefficient (Wildman–Crippen LogP) is 3.27. The molecule has 0 unspecified atom stereocenters. The van der Waals surface area contributed by atoms with Crippen LogP contribution in [0.1, 0.15) is 57.8 Å². The molecule has 2 bridgehead atoms. The number of H-pyrrole nitrogens is 1. The second-order valence-electron chi connectivity index (χ2n) is 10.1. The van der Waals surface area contributed by atoms with E-state index in [9.17, 15) is 15.0 Å². The van der Waals surface area contributed by atoms with E-state index >= 15 is 0 Å². The number of rotatable bonds is 5. The molecule has 2 aliphatic heterocycles. The van der Waals surface area contributed by atoms with E-state index < -0.39 is 11.6 Å². The highest BCUT2D eigenvalue weighted by atomic mass is 16.4. The van der Waals surface area contributed by atoms with Crippen molar-refractivity contribution in [3.63, 3.8) is 0 Å². The first kappa shape index (κ1) is 22.3. The van der Waals surface area contributed by atoms with Crippen LogP contribution in [-0.2, 0) is 6.61 Å². The maximum Gasteiger partial charge on any atom is 0.408 e. The summed E-state index contributed by atoms with van der Waals surface area (Å²) in [5.74, 6) is 1.69. The number of carboxylic acid groups (broad SMARTS) is 1. The van der Waals surface area contributed by atoms with Crippen LogP contribution >= 0.6 is 0 Å². The molecule has 174 valence electrons. The summed E-state index contributed by atoms with van der Waals surface area (Å²) in [6, 6.07) is 3.65. The van der Waals surface area contributed by atoms with Gasteiger partial charge in [0, 0.05) is 37.0 Å². The molecule has 32 heavy (non-hydrogen) atoms. The van der Waals surface area contributed by atoms with Gasteiger partial charge in [-0.15, -0.1) is 0 Å². The Morgan fingerprint density at radius 2 is 2.09 bits per heavy atom. The summed E-state index contributed by atoms with van der Waals surface area (Å²) >= 11 is 0. The van der Waals surface area contributed by atoms with Crippen molar-refractivity contribution >= 4 is 23.7 Å². The lowest BCUT2D eigenvalue weighted by Gasteiger charge is -2.54. The molecular formula is C22H33N7O3.